The number of hydrogen-bond acceptors (Lipinski definition) is 4. The van der Waals surface area contributed by atoms with Gasteiger partial charge < -0.3 is 9.84 Å². The molecule has 1 aliphatic rings. The second-order valence-corrected chi connectivity index (χ2v) is 6.05. The largest absolute Gasteiger partial charge is 0.443 e. The van der Waals surface area contributed by atoms with Crippen LogP contribution in [0.2, 0.25) is 0 Å². The molecular weight excluding hydrogens is 244 g/mol. The van der Waals surface area contributed by atoms with Gasteiger partial charge in [0.25, 0.3) is 0 Å². The predicted octanol–water partition coefficient (Wildman–Crippen LogP) is 2.65. The number of pyridine rings is 1. The van der Waals surface area contributed by atoms with Gasteiger partial charge in [-0.2, -0.15) is 0 Å². The van der Waals surface area contributed by atoms with E-state index >= 15 is 0 Å². The highest BCUT2D eigenvalue weighted by molar-refractivity contribution is 5.91. The Morgan fingerprint density at radius 3 is 2.74 bits per heavy atom. The Hall–Kier alpha value is -1.62. The number of amides is 1. The zero-order chi connectivity index (χ0) is 14.4. The first-order chi connectivity index (χ1) is 8.64. The third-order valence-electron chi connectivity index (χ3n) is 3.34. The minimum Gasteiger partial charge on any atom is -0.443 e. The quantitative estimate of drug-likeness (QED) is 0.782. The predicted molar refractivity (Wildman–Crippen MR) is 72.0 cm³/mol. The minimum absolute atomic E-state index is 0.219. The molecule has 1 aromatic heterocycles. The summed E-state index contributed by atoms with van der Waals surface area (Å²) in [6, 6.07) is 3.66. The Bertz CT molecular complexity index is 506. The molecule has 0 radical (unpaired) electrons. The second kappa shape index (κ2) is 4.20. The van der Waals surface area contributed by atoms with E-state index in [0.717, 1.165) is 5.56 Å². The topological polar surface area (TPSA) is 62.7 Å². The van der Waals surface area contributed by atoms with Gasteiger partial charge in [-0.15, -0.1) is 0 Å². The maximum absolute atomic E-state index is 12.3. The molecule has 0 saturated carbocycles. The zero-order valence-electron chi connectivity index (χ0n) is 12.0. The highest BCUT2D eigenvalue weighted by Crippen LogP contribution is 2.45. The fraction of sp³-hybridized carbons (Fsp3) is 0.571. The van der Waals surface area contributed by atoms with Crippen molar-refractivity contribution in [3.63, 3.8) is 0 Å². The van der Waals surface area contributed by atoms with E-state index in [1.165, 1.54) is 4.90 Å². The van der Waals surface area contributed by atoms with Gasteiger partial charge in [0.1, 0.15) is 11.4 Å². The summed E-state index contributed by atoms with van der Waals surface area (Å²) in [4.78, 5) is 17.7. The number of nitrogens with zero attached hydrogens (tertiary/aromatic N) is 2. The van der Waals surface area contributed by atoms with Crippen LogP contribution in [0.1, 0.15) is 46.1 Å². The van der Waals surface area contributed by atoms with Crippen LogP contribution in [0.25, 0.3) is 0 Å². The first-order valence-electron chi connectivity index (χ1n) is 6.35. The van der Waals surface area contributed by atoms with E-state index in [9.17, 15) is 9.90 Å². The van der Waals surface area contributed by atoms with Gasteiger partial charge in [0.15, 0.2) is 5.72 Å². The van der Waals surface area contributed by atoms with Crippen molar-refractivity contribution < 1.29 is 14.6 Å². The van der Waals surface area contributed by atoms with Crippen molar-refractivity contribution in [1.82, 2.24) is 4.98 Å². The van der Waals surface area contributed by atoms with Crippen LogP contribution in [-0.4, -0.2) is 27.5 Å². The first kappa shape index (κ1) is 13.8. The van der Waals surface area contributed by atoms with Crippen LogP contribution in [0.15, 0.2) is 18.3 Å². The van der Waals surface area contributed by atoms with Gasteiger partial charge in [0, 0.05) is 17.7 Å². The molecule has 5 heteroatoms. The number of aliphatic hydroxyl groups is 1. The Balaban J connectivity index is 2.42. The Labute approximate surface area is 113 Å². The molecule has 0 spiro atoms. The normalized spacial score (nSPS) is 26.2. The Kier molecular flexibility index (Phi) is 3.05. The van der Waals surface area contributed by atoms with Crippen LogP contribution in [0, 0.1) is 0 Å². The van der Waals surface area contributed by atoms with Gasteiger partial charge in [0.2, 0.25) is 0 Å². The number of carbonyl (C=O) groups is 1. The molecule has 1 aromatic rings. The van der Waals surface area contributed by atoms with E-state index in [1.807, 2.05) is 13.0 Å². The molecule has 0 fully saturated rings. The number of anilines is 1. The Morgan fingerprint density at radius 1 is 1.53 bits per heavy atom. The maximum Gasteiger partial charge on any atom is 0.418 e. The van der Waals surface area contributed by atoms with E-state index in [-0.39, 0.29) is 5.92 Å². The van der Waals surface area contributed by atoms with Gasteiger partial charge in [-0.05, 0) is 33.8 Å². The summed E-state index contributed by atoms with van der Waals surface area (Å²) in [5, 5.41) is 10.6. The molecule has 19 heavy (non-hydrogen) atoms. The molecule has 0 bridgehead atoms. The number of fused-ring (bicyclic) bond motifs is 1. The lowest BCUT2D eigenvalue weighted by Gasteiger charge is -2.34. The first-order valence-corrected chi connectivity index (χ1v) is 6.35. The smallest absolute Gasteiger partial charge is 0.418 e. The third kappa shape index (κ3) is 2.30. The SMILES string of the molecule is CC1c2cccnc2N(C(=O)OC(C)(C)C)C1(C)O. The van der Waals surface area contributed by atoms with Crippen molar-refractivity contribution in [2.75, 3.05) is 4.90 Å². The second-order valence-electron chi connectivity index (χ2n) is 6.05. The Morgan fingerprint density at radius 2 is 2.16 bits per heavy atom. The van der Waals surface area contributed by atoms with Gasteiger partial charge in [-0.25, -0.2) is 14.7 Å². The zero-order valence-corrected chi connectivity index (χ0v) is 12.0. The molecule has 1 N–H and O–H groups in total. The summed E-state index contributed by atoms with van der Waals surface area (Å²) >= 11 is 0. The average molecular weight is 264 g/mol. The van der Waals surface area contributed by atoms with Crippen LogP contribution in [0.5, 0.6) is 0 Å². The molecule has 0 saturated heterocycles. The van der Waals surface area contributed by atoms with E-state index in [1.54, 1.807) is 40.0 Å². The fourth-order valence-electron chi connectivity index (χ4n) is 2.22. The monoisotopic (exact) mass is 264 g/mol. The summed E-state index contributed by atoms with van der Waals surface area (Å²) < 4.78 is 5.35. The highest BCUT2D eigenvalue weighted by Gasteiger charge is 2.50. The summed E-state index contributed by atoms with van der Waals surface area (Å²) in [6.45, 7) is 8.84. The van der Waals surface area contributed by atoms with E-state index in [2.05, 4.69) is 4.98 Å². The van der Waals surface area contributed by atoms with Crippen LogP contribution >= 0.6 is 0 Å². The molecule has 0 aliphatic carbocycles. The number of carbonyl (C=O) groups excluding carboxylic acids is 1. The molecule has 2 heterocycles. The van der Waals surface area contributed by atoms with Crippen LogP contribution in [0.3, 0.4) is 0 Å². The number of ether oxygens (including phenoxy) is 1. The van der Waals surface area contributed by atoms with Crippen LogP contribution < -0.4 is 4.90 Å². The molecular formula is C14H20N2O3. The summed E-state index contributed by atoms with van der Waals surface area (Å²) in [5.74, 6) is 0.248. The van der Waals surface area contributed by atoms with E-state index in [4.69, 9.17) is 4.74 Å². The molecule has 2 rings (SSSR count). The lowest BCUT2D eigenvalue weighted by molar-refractivity contribution is 0.0151. The van der Waals surface area contributed by atoms with Gasteiger partial charge in [-0.1, -0.05) is 13.0 Å². The summed E-state index contributed by atoms with van der Waals surface area (Å²) in [6.07, 6.45) is 1.02. The molecule has 0 aromatic carbocycles. The molecule has 5 nitrogen and oxygen atoms in total. The lowest BCUT2D eigenvalue weighted by Crippen LogP contribution is -2.51. The number of hydrogen-bond donors (Lipinski definition) is 1. The highest BCUT2D eigenvalue weighted by atomic mass is 16.6. The fourth-order valence-corrected chi connectivity index (χ4v) is 2.22. The van der Waals surface area contributed by atoms with Crippen LogP contribution in [0.4, 0.5) is 10.6 Å². The van der Waals surface area contributed by atoms with Gasteiger partial charge in [0.05, 0.1) is 0 Å². The maximum atomic E-state index is 12.3. The van der Waals surface area contributed by atoms with Crippen molar-refractivity contribution in [2.45, 2.75) is 51.9 Å². The summed E-state index contributed by atoms with van der Waals surface area (Å²) in [7, 11) is 0. The van der Waals surface area contributed by atoms with Crippen molar-refractivity contribution in [1.29, 1.82) is 0 Å². The molecule has 2 unspecified atom stereocenters. The molecule has 1 amide bonds. The van der Waals surface area contributed by atoms with Crippen LogP contribution in [-0.2, 0) is 4.74 Å². The summed E-state index contributed by atoms with van der Waals surface area (Å²) in [5.41, 5.74) is -1.11. The molecule has 104 valence electrons. The average Bonchev–Trinajstić information content (AvgIpc) is 2.45. The van der Waals surface area contributed by atoms with E-state index < -0.39 is 17.4 Å². The van der Waals surface area contributed by atoms with Crippen molar-refractivity contribution in [3.05, 3.63) is 23.9 Å². The standard InChI is InChI=1S/C14H20N2O3/c1-9-10-7-6-8-15-11(10)16(14(9,5)18)12(17)19-13(2,3)4/h6-9,18H,1-5H3. The number of rotatable bonds is 0. The lowest BCUT2D eigenvalue weighted by atomic mass is 9.96. The van der Waals surface area contributed by atoms with Crippen molar-refractivity contribution in [3.8, 4) is 0 Å². The van der Waals surface area contributed by atoms with E-state index in [0.29, 0.717) is 5.82 Å². The number of aromatic nitrogens is 1. The third-order valence-corrected chi connectivity index (χ3v) is 3.34. The molecule has 2 atom stereocenters. The minimum atomic E-state index is -1.33. The van der Waals surface area contributed by atoms with Crippen molar-refractivity contribution in [2.24, 2.45) is 0 Å². The van der Waals surface area contributed by atoms with Gasteiger partial charge >= 0.3 is 6.09 Å². The van der Waals surface area contributed by atoms with Crippen molar-refractivity contribution >= 4 is 11.9 Å². The molecule has 1 aliphatic heterocycles. The van der Waals surface area contributed by atoms with Gasteiger partial charge in [-0.3, -0.25) is 0 Å².